The summed E-state index contributed by atoms with van der Waals surface area (Å²) >= 11 is 1.34. The van der Waals surface area contributed by atoms with E-state index in [2.05, 4.69) is 15.6 Å². The third kappa shape index (κ3) is 4.77. The number of hydrogen-bond donors (Lipinski definition) is 2. The number of pyridine rings is 1. The minimum Gasteiger partial charge on any atom is -0.339 e. The molecule has 1 aromatic carbocycles. The number of hydrogen-bond acceptors (Lipinski definition) is 4. The Kier molecular flexibility index (Phi) is 5.76. The number of aromatic nitrogens is 1. The first kappa shape index (κ1) is 17.8. The lowest BCUT2D eigenvalue weighted by molar-refractivity contribution is -0.118. The van der Waals surface area contributed by atoms with E-state index in [0.29, 0.717) is 17.1 Å². The fraction of sp³-hybridized carbons (Fsp3) is 0.150. The monoisotopic (exact) mass is 365 g/mol. The summed E-state index contributed by atoms with van der Waals surface area (Å²) in [5, 5.41) is 7.46. The van der Waals surface area contributed by atoms with Crippen molar-refractivity contribution in [2.45, 2.75) is 19.4 Å². The standard InChI is InChI=1S/C20H19N3O2S/c1-14-9-10-21-18(12-14)23-19(24)16(13-15-6-3-2-4-7-15)22-20(25)17-8-5-11-26-17/h2-12,16H,13H2,1H3,(H,22,25)(H,21,23,24)/t16-/m0/s1. The Hall–Kier alpha value is -2.99. The molecule has 6 heteroatoms. The molecule has 1 atom stereocenters. The molecule has 0 saturated carbocycles. The highest BCUT2D eigenvalue weighted by Crippen LogP contribution is 2.12. The van der Waals surface area contributed by atoms with Gasteiger partial charge in [-0.1, -0.05) is 36.4 Å². The topological polar surface area (TPSA) is 71.1 Å². The summed E-state index contributed by atoms with van der Waals surface area (Å²) in [6, 6.07) is 16.1. The average Bonchev–Trinajstić information content (AvgIpc) is 3.17. The van der Waals surface area contributed by atoms with E-state index in [9.17, 15) is 9.59 Å². The SMILES string of the molecule is Cc1ccnc(NC(=O)[C@H](Cc2ccccc2)NC(=O)c2cccs2)c1. The lowest BCUT2D eigenvalue weighted by atomic mass is 10.1. The molecule has 0 unspecified atom stereocenters. The van der Waals surface area contributed by atoms with E-state index in [1.807, 2.05) is 54.8 Å². The number of rotatable bonds is 6. The Balaban J connectivity index is 1.77. The van der Waals surface area contributed by atoms with Crippen molar-refractivity contribution < 1.29 is 9.59 Å². The van der Waals surface area contributed by atoms with Crippen LogP contribution in [0.1, 0.15) is 20.8 Å². The van der Waals surface area contributed by atoms with Gasteiger partial charge in [-0.15, -0.1) is 11.3 Å². The van der Waals surface area contributed by atoms with Crippen LogP contribution < -0.4 is 10.6 Å². The minimum absolute atomic E-state index is 0.256. The second-order valence-electron chi connectivity index (χ2n) is 5.90. The molecule has 2 amide bonds. The summed E-state index contributed by atoms with van der Waals surface area (Å²) < 4.78 is 0. The molecular formula is C20H19N3O2S. The van der Waals surface area contributed by atoms with Crippen LogP contribution in [0.3, 0.4) is 0 Å². The first-order valence-electron chi connectivity index (χ1n) is 8.23. The molecule has 3 rings (SSSR count). The molecule has 0 radical (unpaired) electrons. The summed E-state index contributed by atoms with van der Waals surface area (Å²) in [6.45, 7) is 1.93. The van der Waals surface area contributed by atoms with Crippen molar-refractivity contribution >= 4 is 29.0 Å². The number of carbonyl (C=O) groups excluding carboxylic acids is 2. The van der Waals surface area contributed by atoms with Gasteiger partial charge in [0.25, 0.3) is 5.91 Å². The van der Waals surface area contributed by atoms with Crippen molar-refractivity contribution in [3.63, 3.8) is 0 Å². The van der Waals surface area contributed by atoms with Gasteiger partial charge in [0.15, 0.2) is 0 Å². The van der Waals surface area contributed by atoms with E-state index >= 15 is 0 Å². The van der Waals surface area contributed by atoms with Crippen LogP contribution >= 0.6 is 11.3 Å². The molecule has 3 aromatic rings. The van der Waals surface area contributed by atoms with Crippen LogP contribution in [-0.4, -0.2) is 22.8 Å². The highest BCUT2D eigenvalue weighted by Gasteiger charge is 2.22. The number of aryl methyl sites for hydroxylation is 1. The van der Waals surface area contributed by atoms with Crippen molar-refractivity contribution in [1.29, 1.82) is 0 Å². The van der Waals surface area contributed by atoms with Crippen LogP contribution in [-0.2, 0) is 11.2 Å². The first-order valence-corrected chi connectivity index (χ1v) is 9.11. The largest absolute Gasteiger partial charge is 0.339 e. The van der Waals surface area contributed by atoms with Gasteiger partial charge in [0.1, 0.15) is 11.9 Å². The van der Waals surface area contributed by atoms with Gasteiger partial charge >= 0.3 is 0 Å². The normalized spacial score (nSPS) is 11.6. The number of amides is 2. The van der Waals surface area contributed by atoms with Gasteiger partial charge in [-0.05, 0) is 41.6 Å². The number of benzene rings is 1. The Morgan fingerprint density at radius 3 is 2.62 bits per heavy atom. The average molecular weight is 365 g/mol. The van der Waals surface area contributed by atoms with Gasteiger partial charge in [0.05, 0.1) is 4.88 Å². The fourth-order valence-corrected chi connectivity index (χ4v) is 3.14. The predicted octanol–water partition coefficient (Wildman–Crippen LogP) is 3.43. The van der Waals surface area contributed by atoms with Crippen LogP contribution in [0, 0.1) is 6.92 Å². The van der Waals surface area contributed by atoms with Gasteiger partial charge in [-0.2, -0.15) is 0 Å². The van der Waals surface area contributed by atoms with Crippen LogP contribution in [0.25, 0.3) is 0 Å². The predicted molar refractivity (Wildman–Crippen MR) is 103 cm³/mol. The summed E-state index contributed by atoms with van der Waals surface area (Å²) in [4.78, 5) is 29.9. The third-order valence-electron chi connectivity index (χ3n) is 3.82. The highest BCUT2D eigenvalue weighted by molar-refractivity contribution is 7.12. The number of thiophene rings is 1. The van der Waals surface area contributed by atoms with Gasteiger partial charge < -0.3 is 10.6 Å². The van der Waals surface area contributed by atoms with E-state index in [1.165, 1.54) is 11.3 Å². The van der Waals surface area contributed by atoms with E-state index in [-0.39, 0.29) is 11.8 Å². The van der Waals surface area contributed by atoms with E-state index < -0.39 is 6.04 Å². The smallest absolute Gasteiger partial charge is 0.262 e. The quantitative estimate of drug-likeness (QED) is 0.703. The molecule has 0 bridgehead atoms. The second-order valence-corrected chi connectivity index (χ2v) is 6.85. The second kappa shape index (κ2) is 8.40. The van der Waals surface area contributed by atoms with Crippen molar-refractivity contribution in [2.75, 3.05) is 5.32 Å². The number of carbonyl (C=O) groups is 2. The molecule has 0 aliphatic heterocycles. The van der Waals surface area contributed by atoms with Crippen molar-refractivity contribution in [1.82, 2.24) is 10.3 Å². The Morgan fingerprint density at radius 2 is 1.92 bits per heavy atom. The summed E-state index contributed by atoms with van der Waals surface area (Å²) in [5.41, 5.74) is 1.97. The molecule has 2 heterocycles. The molecule has 26 heavy (non-hydrogen) atoms. The van der Waals surface area contributed by atoms with Gasteiger partial charge in [0.2, 0.25) is 5.91 Å². The molecular weight excluding hydrogens is 346 g/mol. The van der Waals surface area contributed by atoms with Crippen LogP contribution in [0.4, 0.5) is 5.82 Å². The third-order valence-corrected chi connectivity index (χ3v) is 4.68. The van der Waals surface area contributed by atoms with Crippen molar-refractivity contribution in [2.24, 2.45) is 0 Å². The lowest BCUT2D eigenvalue weighted by Crippen LogP contribution is -2.45. The van der Waals surface area contributed by atoms with Gasteiger partial charge in [-0.25, -0.2) is 4.98 Å². The Bertz CT molecular complexity index is 879. The van der Waals surface area contributed by atoms with Crippen molar-refractivity contribution in [3.8, 4) is 0 Å². The Labute approximate surface area is 156 Å². The molecule has 2 N–H and O–H groups in total. The van der Waals surface area contributed by atoms with Crippen LogP contribution in [0.15, 0.2) is 66.2 Å². The van der Waals surface area contributed by atoms with Crippen molar-refractivity contribution in [3.05, 3.63) is 82.2 Å². The first-order chi connectivity index (χ1) is 12.6. The number of nitrogens with one attached hydrogen (secondary N) is 2. The highest BCUT2D eigenvalue weighted by atomic mass is 32.1. The number of nitrogens with zero attached hydrogens (tertiary/aromatic N) is 1. The molecule has 132 valence electrons. The molecule has 5 nitrogen and oxygen atoms in total. The van der Waals surface area contributed by atoms with E-state index in [0.717, 1.165) is 11.1 Å². The van der Waals surface area contributed by atoms with Gasteiger partial charge in [-0.3, -0.25) is 9.59 Å². The summed E-state index contributed by atoms with van der Waals surface area (Å²) in [5.74, 6) is -0.0800. The van der Waals surface area contributed by atoms with E-state index in [1.54, 1.807) is 18.3 Å². The van der Waals surface area contributed by atoms with Gasteiger partial charge in [0, 0.05) is 12.6 Å². The molecule has 0 aliphatic carbocycles. The van der Waals surface area contributed by atoms with E-state index in [4.69, 9.17) is 0 Å². The van der Waals surface area contributed by atoms with Crippen LogP contribution in [0.5, 0.6) is 0 Å². The summed E-state index contributed by atoms with van der Waals surface area (Å²) in [6.07, 6.45) is 2.04. The molecule has 0 saturated heterocycles. The van der Waals surface area contributed by atoms with Crippen LogP contribution in [0.2, 0.25) is 0 Å². The maximum atomic E-state index is 12.8. The fourth-order valence-electron chi connectivity index (χ4n) is 2.51. The summed E-state index contributed by atoms with van der Waals surface area (Å²) in [7, 11) is 0. The maximum absolute atomic E-state index is 12.8. The lowest BCUT2D eigenvalue weighted by Gasteiger charge is -2.18. The molecule has 2 aromatic heterocycles. The molecule has 0 fully saturated rings. The zero-order valence-corrected chi connectivity index (χ0v) is 15.1. The zero-order valence-electron chi connectivity index (χ0n) is 14.3. The maximum Gasteiger partial charge on any atom is 0.262 e. The minimum atomic E-state index is -0.700. The Morgan fingerprint density at radius 1 is 1.12 bits per heavy atom. The number of anilines is 1. The zero-order chi connectivity index (χ0) is 18.4. The molecule has 0 spiro atoms. The molecule has 0 aliphatic rings.